The molecule has 1 aliphatic heterocycles. The van der Waals surface area contributed by atoms with Crippen LogP contribution in [0, 0.1) is 0 Å². The van der Waals surface area contributed by atoms with Crippen molar-refractivity contribution in [3.05, 3.63) is 60.2 Å². The zero-order valence-corrected chi connectivity index (χ0v) is 16.6. The van der Waals surface area contributed by atoms with Gasteiger partial charge >= 0.3 is 0 Å². The summed E-state index contributed by atoms with van der Waals surface area (Å²) in [5.41, 5.74) is 2.99. The Hall–Kier alpha value is -3.59. The number of rotatable bonds is 4. The van der Waals surface area contributed by atoms with E-state index in [1.165, 1.54) is 0 Å². The van der Waals surface area contributed by atoms with Gasteiger partial charge in [0.2, 0.25) is 5.82 Å². The average molecular weight is 403 g/mol. The molecule has 0 radical (unpaired) electrons. The summed E-state index contributed by atoms with van der Waals surface area (Å²) in [6.45, 7) is 3.08. The molecule has 1 saturated heterocycles. The molecule has 1 aromatic carbocycles. The van der Waals surface area contributed by atoms with E-state index in [4.69, 9.17) is 9.72 Å². The molecule has 0 N–H and O–H groups in total. The maximum atomic E-state index is 13.0. The average Bonchev–Trinajstić information content (AvgIpc) is 3.25. The largest absolute Gasteiger partial charge is 0.378 e. The zero-order valence-electron chi connectivity index (χ0n) is 16.6. The first-order chi connectivity index (χ1) is 14.7. The second kappa shape index (κ2) is 7.68. The lowest BCUT2D eigenvalue weighted by molar-refractivity contribution is 0.0771. The molecule has 1 fully saturated rings. The molecule has 0 atom stereocenters. The van der Waals surface area contributed by atoms with Gasteiger partial charge in [-0.1, -0.05) is 18.2 Å². The lowest BCUT2D eigenvalue weighted by Gasteiger charge is -2.28. The van der Waals surface area contributed by atoms with Crippen LogP contribution in [0.15, 0.2) is 48.7 Å². The first-order valence-corrected chi connectivity index (χ1v) is 9.84. The van der Waals surface area contributed by atoms with Crippen molar-refractivity contribution in [1.82, 2.24) is 29.5 Å². The molecule has 0 aliphatic carbocycles. The number of amides is 1. The standard InChI is InChI=1S/C21H21N7O2/c1-26(14-15-6-4-5-9-22-15)21(29)18-24-20-19(27-10-12-30-13-11-27)23-16-7-2-3-8-17(16)28(20)25-18/h2-9H,10-14H2,1H3. The maximum Gasteiger partial charge on any atom is 0.293 e. The van der Waals surface area contributed by atoms with Gasteiger partial charge in [0.1, 0.15) is 0 Å². The number of carbonyl (C=O) groups excluding carboxylic acids is 1. The third kappa shape index (κ3) is 3.33. The fourth-order valence-electron chi connectivity index (χ4n) is 3.58. The van der Waals surface area contributed by atoms with E-state index in [0.29, 0.717) is 25.4 Å². The highest BCUT2D eigenvalue weighted by Crippen LogP contribution is 2.24. The summed E-state index contributed by atoms with van der Waals surface area (Å²) in [5.74, 6) is 0.596. The van der Waals surface area contributed by atoms with E-state index in [9.17, 15) is 4.79 Å². The summed E-state index contributed by atoms with van der Waals surface area (Å²) in [7, 11) is 1.72. The van der Waals surface area contributed by atoms with Gasteiger partial charge < -0.3 is 14.5 Å². The van der Waals surface area contributed by atoms with Crippen LogP contribution in [0.1, 0.15) is 16.3 Å². The van der Waals surface area contributed by atoms with Crippen LogP contribution in [-0.4, -0.2) is 68.7 Å². The normalized spacial score (nSPS) is 14.4. The molecule has 0 unspecified atom stereocenters. The fourth-order valence-corrected chi connectivity index (χ4v) is 3.58. The highest BCUT2D eigenvalue weighted by atomic mass is 16.5. The number of pyridine rings is 1. The number of para-hydroxylation sites is 2. The van der Waals surface area contributed by atoms with Gasteiger partial charge in [-0.3, -0.25) is 9.78 Å². The summed E-state index contributed by atoms with van der Waals surface area (Å²) < 4.78 is 7.19. The Morgan fingerprint density at radius 2 is 1.90 bits per heavy atom. The number of aromatic nitrogens is 5. The van der Waals surface area contributed by atoms with Crippen LogP contribution in [-0.2, 0) is 11.3 Å². The Morgan fingerprint density at radius 1 is 1.10 bits per heavy atom. The second-order valence-corrected chi connectivity index (χ2v) is 7.18. The van der Waals surface area contributed by atoms with Crippen molar-refractivity contribution in [3.63, 3.8) is 0 Å². The summed E-state index contributed by atoms with van der Waals surface area (Å²) >= 11 is 0. The Morgan fingerprint density at radius 3 is 2.70 bits per heavy atom. The molecular formula is C21H21N7O2. The number of nitrogens with zero attached hydrogens (tertiary/aromatic N) is 7. The van der Waals surface area contributed by atoms with E-state index in [0.717, 1.165) is 35.6 Å². The smallest absolute Gasteiger partial charge is 0.293 e. The van der Waals surface area contributed by atoms with Crippen molar-refractivity contribution < 1.29 is 9.53 Å². The Balaban J connectivity index is 1.56. The van der Waals surface area contributed by atoms with E-state index in [-0.39, 0.29) is 11.7 Å². The van der Waals surface area contributed by atoms with Crippen LogP contribution >= 0.6 is 0 Å². The molecule has 0 bridgehead atoms. The number of morpholine rings is 1. The highest BCUT2D eigenvalue weighted by molar-refractivity contribution is 5.92. The van der Waals surface area contributed by atoms with Crippen LogP contribution in [0.4, 0.5) is 5.82 Å². The number of carbonyl (C=O) groups is 1. The predicted molar refractivity (Wildman–Crippen MR) is 111 cm³/mol. The first kappa shape index (κ1) is 18.4. The molecule has 4 aromatic rings. The quantitative estimate of drug-likeness (QED) is 0.513. The second-order valence-electron chi connectivity index (χ2n) is 7.18. The van der Waals surface area contributed by atoms with Gasteiger partial charge in [0.25, 0.3) is 5.91 Å². The van der Waals surface area contributed by atoms with Crippen molar-refractivity contribution >= 4 is 28.4 Å². The third-order valence-electron chi connectivity index (χ3n) is 5.12. The number of hydrogen-bond acceptors (Lipinski definition) is 7. The lowest BCUT2D eigenvalue weighted by Crippen LogP contribution is -2.37. The number of anilines is 1. The zero-order chi connectivity index (χ0) is 20.5. The van der Waals surface area contributed by atoms with Gasteiger partial charge in [-0.05, 0) is 24.3 Å². The van der Waals surface area contributed by atoms with Gasteiger partial charge in [-0.15, -0.1) is 5.10 Å². The molecular weight excluding hydrogens is 382 g/mol. The predicted octanol–water partition coefficient (Wildman–Crippen LogP) is 1.78. The Bertz CT molecular complexity index is 1200. The summed E-state index contributed by atoms with van der Waals surface area (Å²) in [6, 6.07) is 13.4. The van der Waals surface area contributed by atoms with Crippen LogP contribution in [0.3, 0.4) is 0 Å². The van der Waals surface area contributed by atoms with Gasteiger partial charge in [0, 0.05) is 26.3 Å². The van der Waals surface area contributed by atoms with Crippen molar-refractivity contribution in [2.75, 3.05) is 38.3 Å². The number of benzene rings is 1. The number of hydrogen-bond donors (Lipinski definition) is 0. The summed E-state index contributed by atoms with van der Waals surface area (Å²) in [5, 5.41) is 4.56. The Labute approximate surface area is 172 Å². The lowest BCUT2D eigenvalue weighted by atomic mass is 10.3. The topological polar surface area (TPSA) is 88.8 Å². The summed E-state index contributed by atoms with van der Waals surface area (Å²) in [4.78, 5) is 30.5. The monoisotopic (exact) mass is 403 g/mol. The van der Waals surface area contributed by atoms with E-state index >= 15 is 0 Å². The minimum absolute atomic E-state index is 0.140. The molecule has 5 rings (SSSR count). The van der Waals surface area contributed by atoms with Crippen molar-refractivity contribution in [2.45, 2.75) is 6.54 Å². The van der Waals surface area contributed by atoms with E-state index < -0.39 is 0 Å². The van der Waals surface area contributed by atoms with Crippen LogP contribution in [0.2, 0.25) is 0 Å². The van der Waals surface area contributed by atoms with E-state index in [2.05, 4.69) is 20.0 Å². The van der Waals surface area contributed by atoms with Crippen molar-refractivity contribution in [3.8, 4) is 0 Å². The minimum Gasteiger partial charge on any atom is -0.378 e. The molecule has 1 amide bonds. The van der Waals surface area contributed by atoms with E-state index in [1.54, 1.807) is 22.7 Å². The molecule has 30 heavy (non-hydrogen) atoms. The first-order valence-electron chi connectivity index (χ1n) is 9.84. The van der Waals surface area contributed by atoms with Gasteiger partial charge in [0.15, 0.2) is 11.5 Å². The minimum atomic E-state index is -0.263. The molecule has 9 heteroatoms. The third-order valence-corrected chi connectivity index (χ3v) is 5.12. The maximum absolute atomic E-state index is 13.0. The number of fused-ring (bicyclic) bond motifs is 3. The van der Waals surface area contributed by atoms with Crippen LogP contribution in [0.25, 0.3) is 16.7 Å². The Kier molecular flexibility index (Phi) is 4.72. The highest BCUT2D eigenvalue weighted by Gasteiger charge is 2.24. The van der Waals surface area contributed by atoms with Gasteiger partial charge in [-0.2, -0.15) is 4.98 Å². The van der Waals surface area contributed by atoms with Crippen molar-refractivity contribution in [2.24, 2.45) is 0 Å². The number of ether oxygens (including phenoxy) is 1. The fraction of sp³-hybridized carbons (Fsp3) is 0.286. The molecule has 9 nitrogen and oxygen atoms in total. The van der Waals surface area contributed by atoms with Crippen LogP contribution in [0.5, 0.6) is 0 Å². The molecule has 3 aromatic heterocycles. The van der Waals surface area contributed by atoms with Crippen molar-refractivity contribution in [1.29, 1.82) is 0 Å². The molecule has 1 aliphatic rings. The summed E-state index contributed by atoms with van der Waals surface area (Å²) in [6.07, 6.45) is 1.71. The van der Waals surface area contributed by atoms with Crippen LogP contribution < -0.4 is 4.90 Å². The molecule has 0 spiro atoms. The molecule has 152 valence electrons. The SMILES string of the molecule is CN(Cc1ccccn1)C(=O)c1nc2c(N3CCOCC3)nc3ccccc3n2n1. The van der Waals surface area contributed by atoms with Gasteiger partial charge in [-0.25, -0.2) is 9.50 Å². The van der Waals surface area contributed by atoms with E-state index in [1.807, 2.05) is 42.5 Å². The molecule has 4 heterocycles. The van der Waals surface area contributed by atoms with Gasteiger partial charge in [0.05, 0.1) is 36.5 Å². The molecule has 0 saturated carbocycles.